The molecule has 1 aromatic carbocycles. The van der Waals surface area contributed by atoms with Crippen LogP contribution in [0.5, 0.6) is 0 Å². The first-order valence-electron chi connectivity index (χ1n) is 7.54. The molecule has 20 heavy (non-hydrogen) atoms. The minimum absolute atomic E-state index is 0.821. The van der Waals surface area contributed by atoms with Crippen molar-refractivity contribution in [3.05, 3.63) is 30.0 Å². The van der Waals surface area contributed by atoms with Gasteiger partial charge in [0.25, 0.3) is 0 Å². The summed E-state index contributed by atoms with van der Waals surface area (Å²) in [5.41, 5.74) is 2.37. The molecule has 1 N–H and O–H groups in total. The molecule has 0 saturated carbocycles. The van der Waals surface area contributed by atoms with Crippen LogP contribution >= 0.6 is 0 Å². The maximum absolute atomic E-state index is 4.63. The first-order chi connectivity index (χ1) is 9.74. The number of hydrogen-bond acceptors (Lipinski definition) is 3. The van der Waals surface area contributed by atoms with Gasteiger partial charge in [-0.05, 0) is 51.5 Å². The predicted molar refractivity (Wildman–Crippen MR) is 82.6 cm³/mol. The van der Waals surface area contributed by atoms with Gasteiger partial charge in [-0.1, -0.05) is 18.2 Å². The van der Waals surface area contributed by atoms with Gasteiger partial charge < -0.3 is 10.2 Å². The number of benzene rings is 1. The lowest BCUT2D eigenvalue weighted by atomic mass is 9.97. The maximum atomic E-state index is 4.63. The van der Waals surface area contributed by atoms with E-state index in [9.17, 15) is 0 Å². The van der Waals surface area contributed by atoms with Crippen LogP contribution in [0.3, 0.4) is 0 Å². The molecular formula is C16H24N4. The SMILES string of the molecule is CN1CCC(CNCc2nn(C)c3ccccc23)CC1. The Hall–Kier alpha value is -1.39. The van der Waals surface area contributed by atoms with Gasteiger partial charge in [-0.25, -0.2) is 0 Å². The van der Waals surface area contributed by atoms with Crippen LogP contribution in [0.1, 0.15) is 18.5 Å². The Morgan fingerprint density at radius 1 is 1.20 bits per heavy atom. The smallest absolute Gasteiger partial charge is 0.0841 e. The van der Waals surface area contributed by atoms with E-state index in [-0.39, 0.29) is 0 Å². The topological polar surface area (TPSA) is 33.1 Å². The van der Waals surface area contributed by atoms with E-state index in [2.05, 4.69) is 46.6 Å². The van der Waals surface area contributed by atoms with Crippen LogP contribution in [0.4, 0.5) is 0 Å². The van der Waals surface area contributed by atoms with Crippen molar-refractivity contribution in [2.45, 2.75) is 19.4 Å². The van der Waals surface area contributed by atoms with Crippen molar-refractivity contribution in [1.29, 1.82) is 0 Å². The van der Waals surface area contributed by atoms with Gasteiger partial charge in [0, 0.05) is 19.0 Å². The number of para-hydroxylation sites is 1. The molecule has 0 atom stereocenters. The van der Waals surface area contributed by atoms with E-state index in [4.69, 9.17) is 0 Å². The molecule has 1 aliphatic heterocycles. The van der Waals surface area contributed by atoms with Crippen LogP contribution in [0.25, 0.3) is 10.9 Å². The van der Waals surface area contributed by atoms with E-state index in [0.29, 0.717) is 0 Å². The third-order valence-electron chi connectivity index (χ3n) is 4.40. The number of aryl methyl sites for hydroxylation is 1. The second-order valence-corrected chi connectivity index (χ2v) is 5.97. The Balaban J connectivity index is 1.57. The number of nitrogens with zero attached hydrogens (tertiary/aromatic N) is 3. The summed E-state index contributed by atoms with van der Waals surface area (Å²) in [4.78, 5) is 2.42. The van der Waals surface area contributed by atoms with E-state index in [1.54, 1.807) is 0 Å². The van der Waals surface area contributed by atoms with Crippen molar-refractivity contribution >= 4 is 10.9 Å². The monoisotopic (exact) mass is 272 g/mol. The maximum Gasteiger partial charge on any atom is 0.0841 e. The fourth-order valence-electron chi connectivity index (χ4n) is 3.08. The molecule has 2 aromatic rings. The number of fused-ring (bicyclic) bond motifs is 1. The number of aromatic nitrogens is 2. The van der Waals surface area contributed by atoms with E-state index < -0.39 is 0 Å². The van der Waals surface area contributed by atoms with Gasteiger partial charge in [0.05, 0.1) is 11.2 Å². The Labute approximate surface area is 120 Å². The Kier molecular flexibility index (Phi) is 4.03. The van der Waals surface area contributed by atoms with Crippen molar-refractivity contribution in [3.63, 3.8) is 0 Å². The first kappa shape index (κ1) is 13.6. The molecule has 4 heteroatoms. The van der Waals surface area contributed by atoms with Crippen molar-refractivity contribution in [3.8, 4) is 0 Å². The largest absolute Gasteiger partial charge is 0.311 e. The highest BCUT2D eigenvalue weighted by atomic mass is 15.3. The van der Waals surface area contributed by atoms with Gasteiger partial charge in [-0.2, -0.15) is 5.10 Å². The first-order valence-corrected chi connectivity index (χ1v) is 7.54. The fourth-order valence-corrected chi connectivity index (χ4v) is 3.08. The molecule has 1 aliphatic rings. The molecule has 1 aromatic heterocycles. The van der Waals surface area contributed by atoms with Gasteiger partial charge in [0.15, 0.2) is 0 Å². The van der Waals surface area contributed by atoms with Gasteiger partial charge >= 0.3 is 0 Å². The van der Waals surface area contributed by atoms with E-state index in [1.807, 2.05) is 11.7 Å². The van der Waals surface area contributed by atoms with E-state index in [0.717, 1.165) is 24.7 Å². The number of piperidine rings is 1. The average Bonchev–Trinajstić information content (AvgIpc) is 2.79. The molecule has 1 fully saturated rings. The Morgan fingerprint density at radius 2 is 1.95 bits per heavy atom. The molecule has 0 radical (unpaired) electrons. The zero-order valence-corrected chi connectivity index (χ0v) is 12.5. The van der Waals surface area contributed by atoms with Crippen molar-refractivity contribution < 1.29 is 0 Å². The van der Waals surface area contributed by atoms with Crippen molar-refractivity contribution in [2.24, 2.45) is 13.0 Å². The van der Waals surface area contributed by atoms with Crippen LogP contribution in [0.15, 0.2) is 24.3 Å². The second kappa shape index (κ2) is 5.94. The predicted octanol–water partition coefficient (Wildman–Crippen LogP) is 2.00. The molecule has 0 unspecified atom stereocenters. The molecular weight excluding hydrogens is 248 g/mol. The van der Waals surface area contributed by atoms with Gasteiger partial charge in [-0.15, -0.1) is 0 Å². The highest BCUT2D eigenvalue weighted by Gasteiger charge is 2.16. The van der Waals surface area contributed by atoms with Crippen LogP contribution in [-0.2, 0) is 13.6 Å². The second-order valence-electron chi connectivity index (χ2n) is 5.97. The molecule has 0 spiro atoms. The number of rotatable bonds is 4. The molecule has 2 heterocycles. The van der Waals surface area contributed by atoms with Crippen molar-refractivity contribution in [2.75, 3.05) is 26.7 Å². The summed E-state index contributed by atoms with van der Waals surface area (Å²) in [5.74, 6) is 0.821. The zero-order chi connectivity index (χ0) is 13.9. The van der Waals surface area contributed by atoms with E-state index >= 15 is 0 Å². The third-order valence-corrected chi connectivity index (χ3v) is 4.40. The molecule has 1 saturated heterocycles. The summed E-state index contributed by atoms with van der Waals surface area (Å²) in [6, 6.07) is 8.45. The molecule has 0 aliphatic carbocycles. The lowest BCUT2D eigenvalue weighted by Crippen LogP contribution is -2.34. The van der Waals surface area contributed by atoms with Crippen LogP contribution < -0.4 is 5.32 Å². The number of hydrogen-bond donors (Lipinski definition) is 1. The van der Waals surface area contributed by atoms with Gasteiger partial charge in [-0.3, -0.25) is 4.68 Å². The fraction of sp³-hybridized carbons (Fsp3) is 0.562. The third kappa shape index (κ3) is 2.86. The molecule has 4 nitrogen and oxygen atoms in total. The highest BCUT2D eigenvalue weighted by molar-refractivity contribution is 5.81. The van der Waals surface area contributed by atoms with Crippen molar-refractivity contribution in [1.82, 2.24) is 20.0 Å². The summed E-state index contributed by atoms with van der Waals surface area (Å²) >= 11 is 0. The minimum Gasteiger partial charge on any atom is -0.311 e. The number of likely N-dealkylation sites (tertiary alicyclic amines) is 1. The molecule has 0 amide bonds. The van der Waals surface area contributed by atoms with Gasteiger partial charge in [0.2, 0.25) is 0 Å². The quantitative estimate of drug-likeness (QED) is 0.924. The summed E-state index contributed by atoms with van der Waals surface area (Å²) in [5, 5.41) is 9.50. The van der Waals surface area contributed by atoms with E-state index in [1.165, 1.54) is 36.8 Å². The standard InChI is InChI=1S/C16H24N4/c1-19-9-7-13(8-10-19)11-17-12-15-14-5-3-4-6-16(14)20(2)18-15/h3-6,13,17H,7-12H2,1-2H3. The average molecular weight is 272 g/mol. The molecule has 108 valence electrons. The summed E-state index contributed by atoms with van der Waals surface area (Å²) in [7, 11) is 4.23. The highest BCUT2D eigenvalue weighted by Crippen LogP contribution is 2.18. The zero-order valence-electron chi connectivity index (χ0n) is 12.5. The lowest BCUT2D eigenvalue weighted by Gasteiger charge is -2.28. The normalized spacial score (nSPS) is 17.9. The summed E-state index contributed by atoms with van der Waals surface area (Å²) in [6.07, 6.45) is 2.62. The van der Waals surface area contributed by atoms with Gasteiger partial charge in [0.1, 0.15) is 0 Å². The lowest BCUT2D eigenvalue weighted by molar-refractivity contribution is 0.216. The van der Waals surface area contributed by atoms with Crippen LogP contribution in [-0.4, -0.2) is 41.4 Å². The van der Waals surface area contributed by atoms with Crippen LogP contribution in [0.2, 0.25) is 0 Å². The summed E-state index contributed by atoms with van der Waals surface area (Å²) < 4.78 is 1.97. The summed E-state index contributed by atoms with van der Waals surface area (Å²) in [6.45, 7) is 4.45. The Bertz CT molecular complexity index is 567. The minimum atomic E-state index is 0.821. The Morgan fingerprint density at radius 3 is 2.75 bits per heavy atom. The molecule has 0 bridgehead atoms. The van der Waals surface area contributed by atoms with Crippen LogP contribution in [0, 0.1) is 5.92 Å². The number of nitrogens with one attached hydrogen (secondary N) is 1. The molecule has 3 rings (SSSR count).